The molecular formula is C33H36N4O5. The standard InChI is InChI=1S/C31H32N4O3.C2H4O2/c1-21(23-11-7-4-8-12-23)34-31(36)29(35-26-16-13-24(14-17-26)30(32)33)25-15-18-27(28(19-25)37-2)38-20-22-9-5-3-6-10-22;1-2(3)4/h3-19,21,29,35H,20H2,1-2H3,(H3,32,33)(H,34,36);1H3,(H,3,4)/t21-,29+;/m1./s1. The van der Waals surface area contributed by atoms with Crippen molar-refractivity contribution in [2.24, 2.45) is 5.73 Å². The van der Waals surface area contributed by atoms with Gasteiger partial charge in [-0.05, 0) is 60.0 Å². The number of carbonyl (C=O) groups excluding carboxylic acids is 1. The van der Waals surface area contributed by atoms with Crippen molar-refractivity contribution in [2.75, 3.05) is 12.4 Å². The van der Waals surface area contributed by atoms with Crippen LogP contribution < -0.4 is 25.8 Å². The third-order valence-electron chi connectivity index (χ3n) is 6.19. The Kier molecular flexibility index (Phi) is 11.5. The Labute approximate surface area is 245 Å². The van der Waals surface area contributed by atoms with Crippen LogP contribution in [0.2, 0.25) is 0 Å². The minimum Gasteiger partial charge on any atom is -0.493 e. The number of nitrogens with one attached hydrogen (secondary N) is 3. The molecule has 2 atom stereocenters. The van der Waals surface area contributed by atoms with E-state index in [9.17, 15) is 4.79 Å². The highest BCUT2D eigenvalue weighted by molar-refractivity contribution is 5.95. The first kappa shape index (κ1) is 31.2. The number of hydrogen-bond donors (Lipinski definition) is 5. The van der Waals surface area contributed by atoms with Crippen LogP contribution in [0.3, 0.4) is 0 Å². The lowest BCUT2D eigenvalue weighted by Gasteiger charge is -2.24. The molecule has 1 amide bonds. The van der Waals surface area contributed by atoms with Crippen molar-refractivity contribution in [3.05, 3.63) is 125 Å². The van der Waals surface area contributed by atoms with Gasteiger partial charge in [-0.2, -0.15) is 0 Å². The van der Waals surface area contributed by atoms with E-state index in [4.69, 9.17) is 30.5 Å². The number of ether oxygens (including phenoxy) is 2. The Morgan fingerprint density at radius 2 is 1.48 bits per heavy atom. The number of amides is 1. The number of nitrogen functional groups attached to an aromatic ring is 1. The summed E-state index contributed by atoms with van der Waals surface area (Å²) in [5.41, 5.74) is 9.68. The SMILES string of the molecule is CC(=O)O.COc1cc([C@H](Nc2ccc(C(=N)N)cc2)C(=O)N[C@H](C)c2ccccc2)ccc1OCc1ccccc1. The van der Waals surface area contributed by atoms with Crippen molar-refractivity contribution < 1.29 is 24.2 Å². The Bertz CT molecular complexity index is 1460. The van der Waals surface area contributed by atoms with Crippen molar-refractivity contribution in [1.29, 1.82) is 5.41 Å². The third-order valence-corrected chi connectivity index (χ3v) is 6.19. The van der Waals surface area contributed by atoms with Crippen LogP contribution in [0.1, 0.15) is 48.2 Å². The van der Waals surface area contributed by atoms with E-state index in [2.05, 4.69) is 10.6 Å². The molecule has 4 aromatic carbocycles. The van der Waals surface area contributed by atoms with E-state index in [1.165, 1.54) is 0 Å². The maximum absolute atomic E-state index is 13.6. The fraction of sp³-hybridized carbons (Fsp3) is 0.182. The molecule has 9 nitrogen and oxygen atoms in total. The number of anilines is 1. The summed E-state index contributed by atoms with van der Waals surface area (Å²) in [5, 5.41) is 21.5. The van der Waals surface area contributed by atoms with E-state index >= 15 is 0 Å². The second kappa shape index (κ2) is 15.5. The van der Waals surface area contributed by atoms with Gasteiger partial charge < -0.3 is 30.9 Å². The van der Waals surface area contributed by atoms with Gasteiger partial charge in [-0.1, -0.05) is 66.7 Å². The average Bonchev–Trinajstić information content (AvgIpc) is 2.99. The highest BCUT2D eigenvalue weighted by atomic mass is 16.5. The smallest absolute Gasteiger partial charge is 0.300 e. The van der Waals surface area contributed by atoms with Crippen LogP contribution in [-0.4, -0.2) is 29.9 Å². The van der Waals surface area contributed by atoms with E-state index in [0.29, 0.717) is 34.9 Å². The minimum atomic E-state index is -0.833. The summed E-state index contributed by atoms with van der Waals surface area (Å²) >= 11 is 0. The predicted octanol–water partition coefficient (Wildman–Crippen LogP) is 5.68. The molecule has 6 N–H and O–H groups in total. The largest absolute Gasteiger partial charge is 0.493 e. The maximum atomic E-state index is 13.6. The van der Waals surface area contributed by atoms with Gasteiger partial charge in [0.15, 0.2) is 11.5 Å². The lowest BCUT2D eigenvalue weighted by molar-refractivity contribution is -0.134. The van der Waals surface area contributed by atoms with Gasteiger partial charge in [-0.3, -0.25) is 15.0 Å². The van der Waals surface area contributed by atoms with E-state index in [0.717, 1.165) is 18.1 Å². The first-order valence-electron chi connectivity index (χ1n) is 13.3. The third kappa shape index (κ3) is 9.41. The number of methoxy groups -OCH3 is 1. The Balaban J connectivity index is 0.00000114. The Hall–Kier alpha value is -5.31. The molecule has 4 rings (SSSR count). The number of rotatable bonds is 11. The molecule has 0 radical (unpaired) electrons. The summed E-state index contributed by atoms with van der Waals surface area (Å²) in [5.74, 6) is 0.0687. The van der Waals surface area contributed by atoms with E-state index in [1.807, 2.05) is 85.8 Å². The second-order valence-corrected chi connectivity index (χ2v) is 9.41. The van der Waals surface area contributed by atoms with Gasteiger partial charge in [0.05, 0.1) is 13.2 Å². The fourth-order valence-corrected chi connectivity index (χ4v) is 4.05. The monoisotopic (exact) mass is 568 g/mol. The predicted molar refractivity (Wildman–Crippen MR) is 164 cm³/mol. The first-order valence-corrected chi connectivity index (χ1v) is 13.3. The molecule has 0 unspecified atom stereocenters. The molecule has 0 spiro atoms. The highest BCUT2D eigenvalue weighted by Gasteiger charge is 2.24. The van der Waals surface area contributed by atoms with Gasteiger partial charge >= 0.3 is 0 Å². The summed E-state index contributed by atoms with van der Waals surface area (Å²) in [6.45, 7) is 3.43. The molecule has 42 heavy (non-hydrogen) atoms. The number of aliphatic carboxylic acids is 1. The normalized spacial score (nSPS) is 11.6. The summed E-state index contributed by atoms with van der Waals surface area (Å²) in [4.78, 5) is 22.6. The van der Waals surface area contributed by atoms with E-state index in [1.54, 1.807) is 31.4 Å². The molecule has 0 heterocycles. The maximum Gasteiger partial charge on any atom is 0.300 e. The zero-order valence-electron chi connectivity index (χ0n) is 23.8. The molecule has 0 saturated heterocycles. The van der Waals surface area contributed by atoms with Crippen molar-refractivity contribution in [1.82, 2.24) is 5.32 Å². The zero-order chi connectivity index (χ0) is 30.5. The molecular weight excluding hydrogens is 532 g/mol. The number of benzene rings is 4. The molecule has 0 aromatic heterocycles. The second-order valence-electron chi connectivity index (χ2n) is 9.41. The van der Waals surface area contributed by atoms with Gasteiger partial charge in [-0.25, -0.2) is 0 Å². The lowest BCUT2D eigenvalue weighted by Crippen LogP contribution is -2.35. The number of carbonyl (C=O) groups is 2. The molecule has 218 valence electrons. The number of amidine groups is 1. The van der Waals surface area contributed by atoms with Crippen LogP contribution in [0.25, 0.3) is 0 Å². The average molecular weight is 569 g/mol. The van der Waals surface area contributed by atoms with Crippen LogP contribution in [0, 0.1) is 5.41 Å². The van der Waals surface area contributed by atoms with Crippen LogP contribution >= 0.6 is 0 Å². The topological polar surface area (TPSA) is 147 Å². The van der Waals surface area contributed by atoms with Crippen LogP contribution in [0.5, 0.6) is 11.5 Å². The van der Waals surface area contributed by atoms with Crippen LogP contribution in [0.15, 0.2) is 103 Å². The van der Waals surface area contributed by atoms with Crippen molar-refractivity contribution >= 4 is 23.4 Å². The minimum absolute atomic E-state index is 0.0154. The summed E-state index contributed by atoms with van der Waals surface area (Å²) in [6.07, 6.45) is 0. The number of carboxylic acid groups (broad SMARTS) is 1. The van der Waals surface area contributed by atoms with Gasteiger partial charge in [0.1, 0.15) is 18.5 Å². The molecule has 0 fully saturated rings. The van der Waals surface area contributed by atoms with E-state index in [-0.39, 0.29) is 17.8 Å². The zero-order valence-corrected chi connectivity index (χ0v) is 23.8. The van der Waals surface area contributed by atoms with Gasteiger partial charge in [0, 0.05) is 18.2 Å². The molecule has 0 saturated carbocycles. The van der Waals surface area contributed by atoms with Gasteiger partial charge in [0.25, 0.3) is 5.97 Å². The highest BCUT2D eigenvalue weighted by Crippen LogP contribution is 2.33. The summed E-state index contributed by atoms with van der Waals surface area (Å²) in [6, 6.07) is 31.4. The first-order chi connectivity index (χ1) is 20.2. The van der Waals surface area contributed by atoms with Crippen molar-refractivity contribution in [2.45, 2.75) is 32.5 Å². The lowest BCUT2D eigenvalue weighted by atomic mass is 10.0. The fourth-order valence-electron chi connectivity index (χ4n) is 4.05. The quantitative estimate of drug-likeness (QED) is 0.116. The number of carboxylic acids is 1. The number of nitrogens with two attached hydrogens (primary N) is 1. The van der Waals surface area contributed by atoms with Crippen LogP contribution in [0.4, 0.5) is 5.69 Å². The molecule has 0 bridgehead atoms. The molecule has 0 aliphatic heterocycles. The molecule has 0 aliphatic carbocycles. The molecule has 9 heteroatoms. The number of hydrogen-bond acceptors (Lipinski definition) is 6. The summed E-state index contributed by atoms with van der Waals surface area (Å²) < 4.78 is 11.6. The Morgan fingerprint density at radius 3 is 2.05 bits per heavy atom. The van der Waals surface area contributed by atoms with Gasteiger partial charge in [-0.15, -0.1) is 0 Å². The Morgan fingerprint density at radius 1 is 0.881 bits per heavy atom. The van der Waals surface area contributed by atoms with Crippen molar-refractivity contribution in [3.63, 3.8) is 0 Å². The summed E-state index contributed by atoms with van der Waals surface area (Å²) in [7, 11) is 1.58. The van der Waals surface area contributed by atoms with Gasteiger partial charge in [0.2, 0.25) is 5.91 Å². The van der Waals surface area contributed by atoms with Crippen LogP contribution in [-0.2, 0) is 16.2 Å². The van der Waals surface area contributed by atoms with E-state index < -0.39 is 12.0 Å². The molecule has 0 aliphatic rings. The molecule has 4 aromatic rings. The van der Waals surface area contributed by atoms with Crippen molar-refractivity contribution in [3.8, 4) is 11.5 Å².